The molecule has 1 aromatic heterocycles. The molecule has 1 nitrogen and oxygen atoms in total. The number of nitrogens with one attached hydrogen (secondary N) is 1. The molecule has 0 saturated heterocycles. The lowest BCUT2D eigenvalue weighted by Gasteiger charge is -2.18. The van der Waals surface area contributed by atoms with Crippen LogP contribution in [0.15, 0.2) is 12.1 Å². The SMILES string of the molecule is CCNC(Cc1ccc(CC)s1)CC(F)(F)F. The Bertz CT molecular complexity index is 333. The molecular weight excluding hydrogens is 247 g/mol. The quantitative estimate of drug-likeness (QED) is 0.825. The highest BCUT2D eigenvalue weighted by molar-refractivity contribution is 7.11. The van der Waals surface area contributed by atoms with Crippen molar-refractivity contribution in [2.45, 2.75) is 45.3 Å². The van der Waals surface area contributed by atoms with Crippen LogP contribution in [0.1, 0.15) is 30.0 Å². The molecule has 0 saturated carbocycles. The van der Waals surface area contributed by atoms with Crippen LogP contribution in [0.5, 0.6) is 0 Å². The van der Waals surface area contributed by atoms with Gasteiger partial charge in [-0.15, -0.1) is 11.3 Å². The average Bonchev–Trinajstić information content (AvgIpc) is 2.63. The van der Waals surface area contributed by atoms with Gasteiger partial charge in [0.2, 0.25) is 0 Å². The van der Waals surface area contributed by atoms with E-state index in [9.17, 15) is 13.2 Å². The van der Waals surface area contributed by atoms with Crippen LogP contribution in [-0.2, 0) is 12.8 Å². The number of likely N-dealkylation sites (N-methyl/N-ethyl adjacent to an activating group) is 1. The summed E-state index contributed by atoms with van der Waals surface area (Å²) in [4.78, 5) is 2.25. The van der Waals surface area contributed by atoms with E-state index in [1.807, 2.05) is 26.0 Å². The van der Waals surface area contributed by atoms with E-state index in [-0.39, 0.29) is 0 Å². The summed E-state index contributed by atoms with van der Waals surface area (Å²) in [6.07, 6.45) is -3.47. The van der Waals surface area contributed by atoms with E-state index in [0.29, 0.717) is 13.0 Å². The predicted octanol–water partition coefficient (Wildman–Crippen LogP) is 3.78. The van der Waals surface area contributed by atoms with Gasteiger partial charge in [0, 0.05) is 15.8 Å². The van der Waals surface area contributed by atoms with E-state index in [2.05, 4.69) is 5.32 Å². The van der Waals surface area contributed by atoms with Crippen LogP contribution in [0.3, 0.4) is 0 Å². The van der Waals surface area contributed by atoms with Crippen LogP contribution < -0.4 is 5.32 Å². The largest absolute Gasteiger partial charge is 0.390 e. The van der Waals surface area contributed by atoms with Crippen molar-refractivity contribution in [2.24, 2.45) is 0 Å². The second-order valence-corrected chi connectivity index (χ2v) is 5.25. The molecule has 0 radical (unpaired) electrons. The number of halogens is 3. The normalized spacial score (nSPS) is 13.9. The molecule has 1 rings (SSSR count). The average molecular weight is 265 g/mol. The smallest absolute Gasteiger partial charge is 0.314 e. The lowest BCUT2D eigenvalue weighted by Crippen LogP contribution is -2.35. The molecule has 1 unspecified atom stereocenters. The van der Waals surface area contributed by atoms with Crippen LogP contribution in [0.25, 0.3) is 0 Å². The van der Waals surface area contributed by atoms with Gasteiger partial charge in [-0.1, -0.05) is 13.8 Å². The summed E-state index contributed by atoms with van der Waals surface area (Å²) in [6, 6.07) is 3.42. The zero-order valence-corrected chi connectivity index (χ0v) is 10.9. The van der Waals surface area contributed by atoms with E-state index >= 15 is 0 Å². The van der Waals surface area contributed by atoms with Gasteiger partial charge in [0.25, 0.3) is 0 Å². The van der Waals surface area contributed by atoms with Gasteiger partial charge in [-0.25, -0.2) is 0 Å². The molecule has 0 aliphatic heterocycles. The predicted molar refractivity (Wildman–Crippen MR) is 65.5 cm³/mol. The fourth-order valence-electron chi connectivity index (χ4n) is 1.75. The Balaban J connectivity index is 2.59. The van der Waals surface area contributed by atoms with Crippen molar-refractivity contribution in [3.05, 3.63) is 21.9 Å². The Morgan fingerprint density at radius 2 is 1.88 bits per heavy atom. The van der Waals surface area contributed by atoms with Crippen molar-refractivity contribution >= 4 is 11.3 Å². The molecule has 1 aromatic rings. The molecule has 0 aromatic carbocycles. The van der Waals surface area contributed by atoms with Crippen molar-refractivity contribution in [2.75, 3.05) is 6.54 Å². The summed E-state index contributed by atoms with van der Waals surface area (Å²) < 4.78 is 37.1. The molecular formula is C12H18F3NS. The fraction of sp³-hybridized carbons (Fsp3) is 0.667. The van der Waals surface area contributed by atoms with Crippen LogP contribution >= 0.6 is 11.3 Å². The summed E-state index contributed by atoms with van der Waals surface area (Å²) in [5.74, 6) is 0. The number of alkyl halides is 3. The maximum Gasteiger partial charge on any atom is 0.390 e. The maximum absolute atomic E-state index is 12.4. The summed E-state index contributed by atoms with van der Waals surface area (Å²) in [5.41, 5.74) is 0. The first-order valence-electron chi connectivity index (χ1n) is 5.82. The zero-order chi connectivity index (χ0) is 12.9. The fourth-order valence-corrected chi connectivity index (χ4v) is 2.79. The second-order valence-electron chi connectivity index (χ2n) is 4.00. The monoisotopic (exact) mass is 265 g/mol. The van der Waals surface area contributed by atoms with Crippen molar-refractivity contribution in [3.63, 3.8) is 0 Å². The topological polar surface area (TPSA) is 12.0 Å². The van der Waals surface area contributed by atoms with Crippen molar-refractivity contribution < 1.29 is 13.2 Å². The Labute approximate surface area is 104 Å². The van der Waals surface area contributed by atoms with E-state index in [1.165, 1.54) is 4.88 Å². The molecule has 0 bridgehead atoms. The molecule has 0 aliphatic rings. The Hall–Kier alpha value is -0.550. The summed E-state index contributed by atoms with van der Waals surface area (Å²) >= 11 is 1.61. The molecule has 0 fully saturated rings. The standard InChI is InChI=1S/C12H18F3NS/c1-3-10-5-6-11(17-10)7-9(16-4-2)8-12(13,14)15/h5-6,9,16H,3-4,7-8H2,1-2H3. The van der Waals surface area contributed by atoms with Crippen LogP contribution in [0.4, 0.5) is 13.2 Å². The maximum atomic E-state index is 12.4. The molecule has 5 heteroatoms. The lowest BCUT2D eigenvalue weighted by atomic mass is 10.1. The second kappa shape index (κ2) is 6.40. The highest BCUT2D eigenvalue weighted by atomic mass is 32.1. The van der Waals surface area contributed by atoms with E-state index in [1.54, 1.807) is 11.3 Å². The molecule has 0 spiro atoms. The van der Waals surface area contributed by atoms with Crippen molar-refractivity contribution in [3.8, 4) is 0 Å². The van der Waals surface area contributed by atoms with Crippen molar-refractivity contribution in [1.29, 1.82) is 0 Å². The van der Waals surface area contributed by atoms with Crippen molar-refractivity contribution in [1.82, 2.24) is 5.32 Å². The Kier molecular flexibility index (Phi) is 5.46. The first-order valence-corrected chi connectivity index (χ1v) is 6.64. The van der Waals surface area contributed by atoms with E-state index in [4.69, 9.17) is 0 Å². The van der Waals surface area contributed by atoms with Gasteiger partial charge in [0.1, 0.15) is 0 Å². The molecule has 0 amide bonds. The Morgan fingerprint density at radius 3 is 2.35 bits per heavy atom. The van der Waals surface area contributed by atoms with Crippen LogP contribution in [0, 0.1) is 0 Å². The third kappa shape index (κ3) is 5.55. The molecule has 98 valence electrons. The number of thiophene rings is 1. The van der Waals surface area contributed by atoms with Gasteiger partial charge in [-0.3, -0.25) is 0 Å². The third-order valence-corrected chi connectivity index (χ3v) is 3.74. The minimum absolute atomic E-state index is 0.456. The zero-order valence-electron chi connectivity index (χ0n) is 10.1. The molecule has 1 heterocycles. The first-order chi connectivity index (χ1) is 7.94. The summed E-state index contributed by atoms with van der Waals surface area (Å²) in [5, 5.41) is 2.90. The first kappa shape index (κ1) is 14.5. The van der Waals surface area contributed by atoms with Gasteiger partial charge in [-0.2, -0.15) is 13.2 Å². The summed E-state index contributed by atoms with van der Waals surface area (Å²) in [7, 11) is 0. The number of hydrogen-bond acceptors (Lipinski definition) is 2. The van der Waals surface area contributed by atoms with E-state index in [0.717, 1.165) is 11.3 Å². The van der Waals surface area contributed by atoms with Gasteiger partial charge >= 0.3 is 6.18 Å². The lowest BCUT2D eigenvalue weighted by molar-refractivity contribution is -0.139. The molecule has 0 aliphatic carbocycles. The number of aryl methyl sites for hydroxylation is 1. The van der Waals surface area contributed by atoms with Gasteiger partial charge < -0.3 is 5.32 Å². The van der Waals surface area contributed by atoms with Crippen LogP contribution in [-0.4, -0.2) is 18.8 Å². The third-order valence-electron chi connectivity index (χ3n) is 2.48. The molecule has 1 N–H and O–H groups in total. The molecule has 17 heavy (non-hydrogen) atoms. The number of rotatable bonds is 6. The number of hydrogen-bond donors (Lipinski definition) is 1. The highest BCUT2D eigenvalue weighted by Crippen LogP contribution is 2.25. The van der Waals surface area contributed by atoms with Crippen LogP contribution in [0.2, 0.25) is 0 Å². The summed E-state index contributed by atoms with van der Waals surface area (Å²) in [6.45, 7) is 4.44. The van der Waals surface area contributed by atoms with Gasteiger partial charge in [0.15, 0.2) is 0 Å². The van der Waals surface area contributed by atoms with Gasteiger partial charge in [0.05, 0.1) is 6.42 Å². The minimum Gasteiger partial charge on any atom is -0.314 e. The van der Waals surface area contributed by atoms with Gasteiger partial charge in [-0.05, 0) is 31.5 Å². The molecule has 1 atom stereocenters. The highest BCUT2D eigenvalue weighted by Gasteiger charge is 2.31. The minimum atomic E-state index is -4.10. The van der Waals surface area contributed by atoms with E-state index < -0.39 is 18.6 Å². The Morgan fingerprint density at radius 1 is 1.24 bits per heavy atom.